The van der Waals surface area contributed by atoms with E-state index in [9.17, 15) is 0 Å². The first-order valence-corrected chi connectivity index (χ1v) is 7.63. The molecule has 0 unspecified atom stereocenters. The van der Waals surface area contributed by atoms with Crippen LogP contribution in [-0.2, 0) is 0 Å². The van der Waals surface area contributed by atoms with Crippen molar-refractivity contribution in [3.63, 3.8) is 0 Å². The summed E-state index contributed by atoms with van der Waals surface area (Å²) >= 11 is 0. The van der Waals surface area contributed by atoms with Crippen LogP contribution in [0.5, 0.6) is 5.75 Å². The van der Waals surface area contributed by atoms with Crippen molar-refractivity contribution in [1.29, 1.82) is 0 Å². The zero-order valence-electron chi connectivity index (χ0n) is 13.6. The number of rotatable bonds is 7. The molecule has 2 aromatic rings. The highest BCUT2D eigenvalue weighted by atomic mass is 16.5. The van der Waals surface area contributed by atoms with Gasteiger partial charge < -0.3 is 9.64 Å². The lowest BCUT2D eigenvalue weighted by atomic mass is 10.2. The van der Waals surface area contributed by atoms with Gasteiger partial charge in [0.25, 0.3) is 0 Å². The summed E-state index contributed by atoms with van der Waals surface area (Å²) in [5, 5.41) is 0. The third-order valence-electron chi connectivity index (χ3n) is 3.25. The minimum Gasteiger partial charge on any atom is -0.494 e. The predicted molar refractivity (Wildman–Crippen MR) is 93.0 cm³/mol. The second-order valence-corrected chi connectivity index (χ2v) is 5.61. The van der Waals surface area contributed by atoms with Gasteiger partial charge in [0.05, 0.1) is 12.3 Å². The molecule has 1 heterocycles. The number of aromatic nitrogens is 1. The quantitative estimate of drug-likeness (QED) is 0.725. The van der Waals surface area contributed by atoms with E-state index in [4.69, 9.17) is 4.74 Å². The predicted octanol–water partition coefficient (Wildman–Crippen LogP) is 3.89. The molecular weight excluding hydrogens is 272 g/mol. The van der Waals surface area contributed by atoms with Gasteiger partial charge in [-0.15, -0.1) is 0 Å². The summed E-state index contributed by atoms with van der Waals surface area (Å²) < 4.78 is 5.73. The van der Waals surface area contributed by atoms with Crippen molar-refractivity contribution in [2.45, 2.75) is 13.3 Å². The summed E-state index contributed by atoms with van der Waals surface area (Å²) in [5.74, 6) is 0.921. The van der Waals surface area contributed by atoms with E-state index in [1.807, 2.05) is 43.3 Å². The van der Waals surface area contributed by atoms with E-state index in [1.54, 1.807) is 0 Å². The number of hydrogen-bond acceptors (Lipinski definition) is 3. The zero-order chi connectivity index (χ0) is 15.8. The Kier molecular flexibility index (Phi) is 6.16. The van der Waals surface area contributed by atoms with Gasteiger partial charge in [-0.05, 0) is 63.3 Å². The summed E-state index contributed by atoms with van der Waals surface area (Å²) in [7, 11) is 4.15. The molecule has 0 amide bonds. The number of nitrogens with zero attached hydrogens (tertiary/aromatic N) is 2. The monoisotopic (exact) mass is 296 g/mol. The first-order chi connectivity index (χ1) is 10.6. The molecule has 0 atom stereocenters. The normalized spacial score (nSPS) is 11.3. The molecule has 22 heavy (non-hydrogen) atoms. The molecule has 0 radical (unpaired) electrons. The van der Waals surface area contributed by atoms with Crippen molar-refractivity contribution in [3.8, 4) is 5.75 Å². The topological polar surface area (TPSA) is 25.4 Å². The highest BCUT2D eigenvalue weighted by Crippen LogP contribution is 2.14. The van der Waals surface area contributed by atoms with Crippen LogP contribution in [0.15, 0.2) is 42.5 Å². The maximum atomic E-state index is 5.73. The van der Waals surface area contributed by atoms with Gasteiger partial charge in [-0.25, -0.2) is 0 Å². The first-order valence-electron chi connectivity index (χ1n) is 7.63. The number of pyridine rings is 1. The van der Waals surface area contributed by atoms with Crippen molar-refractivity contribution in [3.05, 3.63) is 59.4 Å². The van der Waals surface area contributed by atoms with Gasteiger partial charge >= 0.3 is 0 Å². The average Bonchev–Trinajstić information content (AvgIpc) is 2.51. The second-order valence-electron chi connectivity index (χ2n) is 5.61. The molecular formula is C19H24N2O. The van der Waals surface area contributed by atoms with E-state index in [1.165, 1.54) is 0 Å². The smallest absolute Gasteiger partial charge is 0.119 e. The molecule has 0 saturated carbocycles. The van der Waals surface area contributed by atoms with E-state index in [0.29, 0.717) is 0 Å². The van der Waals surface area contributed by atoms with Crippen molar-refractivity contribution < 1.29 is 4.74 Å². The van der Waals surface area contributed by atoms with E-state index in [2.05, 4.69) is 42.2 Å². The lowest BCUT2D eigenvalue weighted by Crippen LogP contribution is -2.15. The molecule has 0 aliphatic heterocycles. The summed E-state index contributed by atoms with van der Waals surface area (Å²) in [5.41, 5.74) is 3.15. The van der Waals surface area contributed by atoms with Crippen LogP contribution in [0.3, 0.4) is 0 Å². The number of benzene rings is 1. The lowest BCUT2D eigenvalue weighted by Gasteiger charge is -2.10. The Labute approximate surface area is 133 Å². The second kappa shape index (κ2) is 8.35. The molecule has 0 aliphatic carbocycles. The van der Waals surface area contributed by atoms with Crippen LogP contribution in [-0.4, -0.2) is 37.1 Å². The van der Waals surface area contributed by atoms with Crippen molar-refractivity contribution in [2.75, 3.05) is 27.2 Å². The fourth-order valence-electron chi connectivity index (χ4n) is 2.08. The average molecular weight is 296 g/mol. The molecule has 0 bridgehead atoms. The minimum absolute atomic E-state index is 0.751. The molecule has 3 heteroatoms. The third kappa shape index (κ3) is 5.70. The highest BCUT2D eigenvalue weighted by Gasteiger charge is 1.96. The maximum Gasteiger partial charge on any atom is 0.119 e. The largest absolute Gasteiger partial charge is 0.494 e. The molecule has 0 saturated heterocycles. The summed E-state index contributed by atoms with van der Waals surface area (Å²) in [6.07, 6.45) is 5.13. The molecule has 3 nitrogen and oxygen atoms in total. The Morgan fingerprint density at radius 3 is 2.50 bits per heavy atom. The first kappa shape index (κ1) is 16.2. The highest BCUT2D eigenvalue weighted by molar-refractivity contribution is 5.68. The molecule has 1 aromatic carbocycles. The minimum atomic E-state index is 0.751. The van der Waals surface area contributed by atoms with Crippen LogP contribution < -0.4 is 4.74 Å². The van der Waals surface area contributed by atoms with Crippen LogP contribution in [0.1, 0.15) is 23.4 Å². The third-order valence-corrected chi connectivity index (χ3v) is 3.25. The van der Waals surface area contributed by atoms with Gasteiger partial charge in [0.15, 0.2) is 0 Å². The number of ether oxygens (including phenoxy) is 1. The van der Waals surface area contributed by atoms with Crippen molar-refractivity contribution in [1.82, 2.24) is 9.88 Å². The molecule has 0 fully saturated rings. The fourth-order valence-corrected chi connectivity index (χ4v) is 2.08. The Bertz CT molecular complexity index is 603. The Balaban J connectivity index is 1.86. The molecule has 116 valence electrons. The summed E-state index contributed by atoms with van der Waals surface area (Å²) in [6, 6.07) is 14.2. The molecule has 2 rings (SSSR count). The van der Waals surface area contributed by atoms with Crippen LogP contribution in [0, 0.1) is 6.92 Å². The van der Waals surface area contributed by atoms with Crippen molar-refractivity contribution >= 4 is 12.2 Å². The molecule has 0 N–H and O–H groups in total. The summed E-state index contributed by atoms with van der Waals surface area (Å²) in [6.45, 7) is 3.80. The molecule has 1 aromatic heterocycles. The summed E-state index contributed by atoms with van der Waals surface area (Å²) in [4.78, 5) is 6.62. The van der Waals surface area contributed by atoms with Gasteiger partial charge in [0, 0.05) is 12.2 Å². The maximum absolute atomic E-state index is 5.73. The van der Waals surface area contributed by atoms with Gasteiger partial charge in [-0.1, -0.05) is 24.3 Å². The van der Waals surface area contributed by atoms with E-state index >= 15 is 0 Å². The zero-order valence-corrected chi connectivity index (χ0v) is 13.6. The molecule has 0 spiro atoms. The number of aryl methyl sites for hydroxylation is 1. The Hall–Kier alpha value is -2.13. The van der Waals surface area contributed by atoms with Crippen LogP contribution in [0.4, 0.5) is 0 Å². The van der Waals surface area contributed by atoms with Gasteiger partial charge in [0.2, 0.25) is 0 Å². The van der Waals surface area contributed by atoms with Crippen LogP contribution in [0.2, 0.25) is 0 Å². The fraction of sp³-hybridized carbons (Fsp3) is 0.316. The lowest BCUT2D eigenvalue weighted by molar-refractivity contribution is 0.281. The van der Waals surface area contributed by atoms with E-state index in [-0.39, 0.29) is 0 Å². The Morgan fingerprint density at radius 1 is 1.05 bits per heavy atom. The van der Waals surface area contributed by atoms with Crippen LogP contribution >= 0.6 is 0 Å². The van der Waals surface area contributed by atoms with Gasteiger partial charge in [-0.3, -0.25) is 4.98 Å². The standard InChI is InChI=1S/C19H24N2O/c1-16-6-4-7-18(20-16)11-8-17-9-12-19(13-10-17)22-15-5-14-21(2)3/h4,6-13H,5,14-15H2,1-3H3. The van der Waals surface area contributed by atoms with E-state index < -0.39 is 0 Å². The van der Waals surface area contributed by atoms with E-state index in [0.717, 1.165) is 42.3 Å². The van der Waals surface area contributed by atoms with Crippen LogP contribution in [0.25, 0.3) is 12.2 Å². The van der Waals surface area contributed by atoms with Crippen molar-refractivity contribution in [2.24, 2.45) is 0 Å². The van der Waals surface area contributed by atoms with Gasteiger partial charge in [-0.2, -0.15) is 0 Å². The Morgan fingerprint density at radius 2 is 1.82 bits per heavy atom. The number of hydrogen-bond donors (Lipinski definition) is 0. The molecule has 0 aliphatic rings. The SMILES string of the molecule is Cc1cccc(C=Cc2ccc(OCCCN(C)C)cc2)n1. The van der Waals surface area contributed by atoms with Gasteiger partial charge in [0.1, 0.15) is 5.75 Å².